The van der Waals surface area contributed by atoms with Crippen LogP contribution in [0.2, 0.25) is 0 Å². The lowest BCUT2D eigenvalue weighted by Gasteiger charge is -2.73. The van der Waals surface area contributed by atoms with Gasteiger partial charge in [0.25, 0.3) is 0 Å². The summed E-state index contributed by atoms with van der Waals surface area (Å²) in [5.74, 6) is 2.58. The number of carbonyl (C=O) groups is 1. The third-order valence-electron chi connectivity index (χ3n) is 14.7. The molecule has 6 fully saturated rings. The number of aliphatic hydroxyl groups excluding tert-OH is 2. The molecule has 12 atom stereocenters. The van der Waals surface area contributed by atoms with E-state index >= 15 is 0 Å². The molecule has 5 unspecified atom stereocenters. The van der Waals surface area contributed by atoms with E-state index in [9.17, 15) is 15.0 Å². The van der Waals surface area contributed by atoms with Gasteiger partial charge in [0.2, 0.25) is 0 Å². The summed E-state index contributed by atoms with van der Waals surface area (Å²) in [6, 6.07) is 0. The number of esters is 1. The maximum Gasteiger partial charge on any atom is 0.302 e. The van der Waals surface area contributed by atoms with Crippen molar-refractivity contribution in [1.82, 2.24) is 0 Å². The highest BCUT2D eigenvalue weighted by atomic mass is 16.6. The molecule has 0 bridgehead atoms. The van der Waals surface area contributed by atoms with E-state index in [0.717, 1.165) is 38.7 Å². The predicted octanol–water partition coefficient (Wildman–Crippen LogP) is 5.75. The van der Waals surface area contributed by atoms with Gasteiger partial charge in [0.05, 0.1) is 31.5 Å². The number of hydrogen-bond acceptors (Lipinski definition) is 5. The van der Waals surface area contributed by atoms with Gasteiger partial charge in [0.1, 0.15) is 0 Å². The monoisotopic (exact) mass is 516 g/mol. The minimum absolute atomic E-state index is 0.00469. The molecule has 0 aromatic carbocycles. The third-order valence-corrected chi connectivity index (χ3v) is 14.7. The summed E-state index contributed by atoms with van der Waals surface area (Å²) in [5.41, 5.74) is 0.353. The van der Waals surface area contributed by atoms with Gasteiger partial charge >= 0.3 is 5.97 Å². The van der Waals surface area contributed by atoms with Crippen molar-refractivity contribution >= 4 is 5.97 Å². The van der Waals surface area contributed by atoms with E-state index in [1.165, 1.54) is 32.1 Å². The average Bonchev–Trinajstić information content (AvgIpc) is 3.47. The predicted molar refractivity (Wildman–Crippen MR) is 143 cm³/mol. The standard InChI is InChI=1S/C32H52O5/c1-20(34)36-19-32-14-9-22(31(6)18-37-31)26(32)21-7-8-24-27(2)12-11-25(35)28(3,17-33)23(27)10-13-30(24,5)29(21,4)15-16-32/h21-26,33,35H,7-19H2,1-6H3/t21?,22?,23?,24?,25-,26?,27-,28-,29+,30+,31+,32+/m0/s1. The lowest BCUT2D eigenvalue weighted by atomic mass is 9.32. The molecule has 0 aromatic rings. The number of hydrogen-bond donors (Lipinski definition) is 2. The zero-order valence-electron chi connectivity index (χ0n) is 24.3. The summed E-state index contributed by atoms with van der Waals surface area (Å²) in [6.07, 6.45) is 11.0. The van der Waals surface area contributed by atoms with Crippen molar-refractivity contribution in [3.63, 3.8) is 0 Å². The molecule has 5 nitrogen and oxygen atoms in total. The van der Waals surface area contributed by atoms with Crippen LogP contribution >= 0.6 is 0 Å². The highest BCUT2D eigenvalue weighted by Gasteiger charge is 2.73. The molecule has 1 saturated heterocycles. The van der Waals surface area contributed by atoms with Crippen molar-refractivity contribution in [1.29, 1.82) is 0 Å². The molecule has 6 rings (SSSR count). The van der Waals surface area contributed by atoms with Crippen LogP contribution in [0.4, 0.5) is 0 Å². The van der Waals surface area contributed by atoms with Crippen molar-refractivity contribution in [2.75, 3.05) is 19.8 Å². The van der Waals surface area contributed by atoms with E-state index in [-0.39, 0.29) is 39.8 Å². The first-order valence-corrected chi connectivity index (χ1v) is 15.4. The molecule has 5 heteroatoms. The van der Waals surface area contributed by atoms with Crippen molar-refractivity contribution in [3.8, 4) is 0 Å². The fraction of sp³-hybridized carbons (Fsp3) is 0.969. The molecule has 37 heavy (non-hydrogen) atoms. The van der Waals surface area contributed by atoms with Gasteiger partial charge in [-0.3, -0.25) is 4.79 Å². The van der Waals surface area contributed by atoms with Gasteiger partial charge in [-0.15, -0.1) is 0 Å². The second kappa shape index (κ2) is 8.19. The Hall–Kier alpha value is -0.650. The lowest BCUT2D eigenvalue weighted by molar-refractivity contribution is -0.257. The summed E-state index contributed by atoms with van der Waals surface area (Å²) in [6.45, 7) is 15.4. The van der Waals surface area contributed by atoms with Crippen LogP contribution < -0.4 is 0 Å². The maximum absolute atomic E-state index is 11.9. The van der Waals surface area contributed by atoms with Crippen molar-refractivity contribution in [2.45, 2.75) is 117 Å². The highest BCUT2D eigenvalue weighted by molar-refractivity contribution is 5.65. The van der Waals surface area contributed by atoms with Crippen molar-refractivity contribution in [3.05, 3.63) is 0 Å². The van der Waals surface area contributed by atoms with E-state index in [4.69, 9.17) is 9.47 Å². The largest absolute Gasteiger partial charge is 0.465 e. The molecular formula is C32H52O5. The fourth-order valence-corrected chi connectivity index (χ4v) is 12.3. The molecule has 5 saturated carbocycles. The van der Waals surface area contributed by atoms with Gasteiger partial charge in [0, 0.05) is 17.8 Å². The van der Waals surface area contributed by atoms with E-state index in [1.54, 1.807) is 6.92 Å². The number of ether oxygens (including phenoxy) is 2. The Balaban J connectivity index is 1.37. The molecule has 1 heterocycles. The SMILES string of the molecule is CC(=O)OC[C@]12CCC([C@@]3(C)CO3)C1C1CCC3[C@@]4(C)CC[C@H](O)[C@@](C)(CO)C4CC[C@@]3(C)[C@]1(C)CC2. The van der Waals surface area contributed by atoms with Crippen LogP contribution in [0.1, 0.15) is 106 Å². The van der Waals surface area contributed by atoms with Crippen LogP contribution in [-0.2, 0) is 14.3 Å². The Morgan fingerprint density at radius 2 is 1.59 bits per heavy atom. The number of epoxide rings is 1. The Morgan fingerprint density at radius 3 is 2.24 bits per heavy atom. The van der Waals surface area contributed by atoms with Crippen molar-refractivity contribution < 1.29 is 24.5 Å². The van der Waals surface area contributed by atoms with Gasteiger partial charge in [0.15, 0.2) is 0 Å². The van der Waals surface area contributed by atoms with Gasteiger partial charge in [-0.25, -0.2) is 0 Å². The van der Waals surface area contributed by atoms with Crippen LogP contribution in [0.3, 0.4) is 0 Å². The fourth-order valence-electron chi connectivity index (χ4n) is 12.3. The Labute approximate surface area is 224 Å². The molecule has 0 spiro atoms. The first kappa shape index (κ1) is 26.6. The first-order chi connectivity index (χ1) is 17.3. The van der Waals surface area contributed by atoms with Gasteiger partial charge < -0.3 is 19.7 Å². The normalized spacial score (nSPS) is 58.5. The zero-order chi connectivity index (χ0) is 26.6. The van der Waals surface area contributed by atoms with Crippen LogP contribution in [0.15, 0.2) is 0 Å². The van der Waals surface area contributed by atoms with E-state index in [1.807, 2.05) is 0 Å². The Kier molecular flexibility index (Phi) is 5.88. The topological polar surface area (TPSA) is 79.3 Å². The Bertz CT molecular complexity index is 945. The minimum atomic E-state index is -0.401. The highest BCUT2D eigenvalue weighted by Crippen LogP contribution is 2.78. The molecular weight excluding hydrogens is 464 g/mol. The van der Waals surface area contributed by atoms with Crippen LogP contribution in [-0.4, -0.2) is 47.7 Å². The molecule has 0 aromatic heterocycles. The smallest absolute Gasteiger partial charge is 0.302 e. The lowest BCUT2D eigenvalue weighted by Crippen LogP contribution is -2.67. The van der Waals surface area contributed by atoms with Gasteiger partial charge in [-0.2, -0.15) is 0 Å². The summed E-state index contributed by atoms with van der Waals surface area (Å²) < 4.78 is 11.9. The molecule has 6 aliphatic rings. The molecule has 0 amide bonds. The number of rotatable bonds is 4. The molecule has 210 valence electrons. The number of carbonyl (C=O) groups excluding carboxylic acids is 1. The second-order valence-electron chi connectivity index (χ2n) is 15.8. The van der Waals surface area contributed by atoms with E-state index in [2.05, 4.69) is 34.6 Å². The maximum atomic E-state index is 11.9. The first-order valence-electron chi connectivity index (χ1n) is 15.4. The summed E-state index contributed by atoms with van der Waals surface area (Å²) in [7, 11) is 0. The van der Waals surface area contributed by atoms with Crippen molar-refractivity contribution in [2.24, 2.45) is 56.7 Å². The third kappa shape index (κ3) is 3.35. The number of fused-ring (bicyclic) bond motifs is 7. The summed E-state index contributed by atoms with van der Waals surface area (Å²) in [4.78, 5) is 11.9. The van der Waals surface area contributed by atoms with Crippen LogP contribution in [0.5, 0.6) is 0 Å². The quantitative estimate of drug-likeness (QED) is 0.367. The zero-order valence-corrected chi connectivity index (χ0v) is 24.3. The van der Waals surface area contributed by atoms with Crippen LogP contribution in [0, 0.1) is 56.7 Å². The second-order valence-corrected chi connectivity index (χ2v) is 15.8. The molecule has 2 N–H and O–H groups in total. The van der Waals surface area contributed by atoms with Gasteiger partial charge in [-0.1, -0.05) is 27.7 Å². The molecule has 0 radical (unpaired) electrons. The average molecular weight is 517 g/mol. The van der Waals surface area contributed by atoms with E-state index in [0.29, 0.717) is 36.2 Å². The summed E-state index contributed by atoms with van der Waals surface area (Å²) in [5, 5.41) is 21.5. The van der Waals surface area contributed by atoms with Crippen LogP contribution in [0.25, 0.3) is 0 Å². The minimum Gasteiger partial charge on any atom is -0.465 e. The molecule has 1 aliphatic heterocycles. The van der Waals surface area contributed by atoms with Gasteiger partial charge in [-0.05, 0) is 117 Å². The summed E-state index contributed by atoms with van der Waals surface area (Å²) >= 11 is 0. The Morgan fingerprint density at radius 1 is 0.865 bits per heavy atom. The van der Waals surface area contributed by atoms with E-state index < -0.39 is 11.5 Å². The molecule has 5 aliphatic carbocycles. The number of aliphatic hydroxyl groups is 2.